The monoisotopic (exact) mass is 479 g/mol. The summed E-state index contributed by atoms with van der Waals surface area (Å²) in [5.41, 5.74) is 4.56. The Morgan fingerprint density at radius 3 is 2.09 bits per heavy atom. The number of nitrogens with zero attached hydrogens (tertiary/aromatic N) is 3. The van der Waals surface area contributed by atoms with Gasteiger partial charge in [-0.25, -0.2) is 0 Å². The molecule has 1 aromatic heterocycles. The highest BCUT2D eigenvalue weighted by Crippen LogP contribution is 2.31. The van der Waals surface area contributed by atoms with Gasteiger partial charge in [0.25, 0.3) is 0 Å². The topological polar surface area (TPSA) is 60.2 Å². The first-order chi connectivity index (χ1) is 17.2. The lowest BCUT2D eigenvalue weighted by molar-refractivity contribution is 0.310. The van der Waals surface area contributed by atoms with Crippen molar-refractivity contribution in [1.29, 1.82) is 0 Å². The predicted octanol–water partition coefficient (Wildman–Crippen LogP) is 8.33. The highest BCUT2D eigenvalue weighted by atomic mass is 16.5. The van der Waals surface area contributed by atoms with Crippen molar-refractivity contribution in [2.75, 3.05) is 6.61 Å². The first-order valence-corrected chi connectivity index (χ1v) is 14.0. The number of rotatable bonds is 17. The molecule has 0 atom stereocenters. The molecule has 0 spiro atoms. The molecule has 192 valence electrons. The van der Waals surface area contributed by atoms with E-state index in [4.69, 9.17) is 14.9 Å². The van der Waals surface area contributed by atoms with Gasteiger partial charge in [0, 0.05) is 6.07 Å². The molecule has 35 heavy (non-hydrogen) atoms. The Bertz CT molecular complexity index is 1030. The average molecular weight is 480 g/mol. The van der Waals surface area contributed by atoms with Gasteiger partial charge in [0.05, 0.1) is 6.61 Å². The van der Waals surface area contributed by atoms with Crippen LogP contribution in [0.4, 0.5) is 0 Å². The van der Waals surface area contributed by atoms with Gasteiger partial charge in [0.15, 0.2) is 0 Å². The van der Waals surface area contributed by atoms with E-state index in [1.54, 1.807) is 4.80 Å². The summed E-state index contributed by atoms with van der Waals surface area (Å²) in [6.07, 6.45) is 16.4. The summed E-state index contributed by atoms with van der Waals surface area (Å²) in [7, 11) is 0. The smallest absolute Gasteiger partial charge is 0.146 e. The number of hydrogen-bond donors (Lipinski definition) is 1. The van der Waals surface area contributed by atoms with Gasteiger partial charge in [-0.3, -0.25) is 0 Å². The molecule has 5 heteroatoms. The standard InChI is InChI=1S/C30H45N3O2/c1-4-7-10-12-14-16-24-21-25(17-15-13-11-8-5-2)30(34)29(22-24)33-31-27-19-18-26(23-28(27)32-33)35-20-9-6-3/h18-19,21-23,34H,4-17,20H2,1-3H3. The van der Waals surface area contributed by atoms with Gasteiger partial charge in [-0.15, -0.1) is 15.0 Å². The van der Waals surface area contributed by atoms with Crippen molar-refractivity contribution in [2.45, 2.75) is 111 Å². The van der Waals surface area contributed by atoms with E-state index in [-0.39, 0.29) is 0 Å². The Labute approximate surface area is 211 Å². The van der Waals surface area contributed by atoms with Crippen LogP contribution in [0.3, 0.4) is 0 Å². The van der Waals surface area contributed by atoms with Gasteiger partial charge in [0.1, 0.15) is 28.2 Å². The van der Waals surface area contributed by atoms with E-state index in [1.807, 2.05) is 18.2 Å². The molecular weight excluding hydrogens is 434 g/mol. The van der Waals surface area contributed by atoms with E-state index >= 15 is 0 Å². The summed E-state index contributed by atoms with van der Waals surface area (Å²) in [5.74, 6) is 1.13. The number of aromatic hydroxyl groups is 1. The second-order valence-electron chi connectivity index (χ2n) is 9.79. The Balaban J connectivity index is 1.82. The normalized spacial score (nSPS) is 11.4. The van der Waals surface area contributed by atoms with E-state index in [0.717, 1.165) is 54.5 Å². The number of unbranched alkanes of at least 4 members (excludes halogenated alkanes) is 9. The molecule has 1 heterocycles. The Hall–Kier alpha value is -2.56. The van der Waals surface area contributed by atoms with Gasteiger partial charge < -0.3 is 9.84 Å². The van der Waals surface area contributed by atoms with Crippen LogP contribution in [0.25, 0.3) is 16.7 Å². The number of phenolic OH excluding ortho intramolecular Hbond substituents is 1. The van der Waals surface area contributed by atoms with Crippen LogP contribution >= 0.6 is 0 Å². The van der Waals surface area contributed by atoms with Crippen LogP contribution in [0, 0.1) is 0 Å². The Morgan fingerprint density at radius 2 is 1.37 bits per heavy atom. The molecule has 0 unspecified atom stereocenters. The molecule has 0 amide bonds. The number of phenols is 1. The molecule has 5 nitrogen and oxygen atoms in total. The zero-order chi connectivity index (χ0) is 24.9. The highest BCUT2D eigenvalue weighted by molar-refractivity contribution is 5.76. The third-order valence-corrected chi connectivity index (χ3v) is 6.68. The van der Waals surface area contributed by atoms with Crippen LogP contribution in [-0.2, 0) is 12.8 Å². The van der Waals surface area contributed by atoms with Crippen LogP contribution in [0.15, 0.2) is 30.3 Å². The summed E-state index contributed by atoms with van der Waals surface area (Å²) in [5, 5.41) is 20.6. The van der Waals surface area contributed by atoms with Crippen molar-refractivity contribution in [3.8, 4) is 17.2 Å². The molecule has 0 aliphatic rings. The largest absolute Gasteiger partial charge is 0.505 e. The van der Waals surface area contributed by atoms with E-state index in [0.29, 0.717) is 18.0 Å². The number of aromatic nitrogens is 3. The van der Waals surface area contributed by atoms with Crippen molar-refractivity contribution < 1.29 is 9.84 Å². The zero-order valence-corrected chi connectivity index (χ0v) is 22.2. The van der Waals surface area contributed by atoms with Crippen LogP contribution in [-0.4, -0.2) is 26.7 Å². The fourth-order valence-corrected chi connectivity index (χ4v) is 4.51. The summed E-state index contributed by atoms with van der Waals surface area (Å²) in [6, 6.07) is 10.1. The average Bonchev–Trinajstić information content (AvgIpc) is 3.28. The minimum Gasteiger partial charge on any atom is -0.505 e. The molecule has 0 aliphatic heterocycles. The van der Waals surface area contributed by atoms with Gasteiger partial charge >= 0.3 is 0 Å². The van der Waals surface area contributed by atoms with Gasteiger partial charge in [0.2, 0.25) is 0 Å². The van der Waals surface area contributed by atoms with Gasteiger partial charge in [-0.2, -0.15) is 0 Å². The lowest BCUT2D eigenvalue weighted by Crippen LogP contribution is -2.03. The van der Waals surface area contributed by atoms with Crippen LogP contribution in [0.2, 0.25) is 0 Å². The first-order valence-electron chi connectivity index (χ1n) is 14.0. The lowest BCUT2D eigenvalue weighted by Gasteiger charge is -2.13. The van der Waals surface area contributed by atoms with E-state index in [1.165, 1.54) is 63.4 Å². The number of aryl methyl sites for hydroxylation is 2. The van der Waals surface area contributed by atoms with E-state index in [2.05, 4.69) is 32.9 Å². The zero-order valence-electron chi connectivity index (χ0n) is 22.2. The summed E-state index contributed by atoms with van der Waals surface area (Å²) >= 11 is 0. The molecule has 3 rings (SSSR count). The quantitative estimate of drug-likeness (QED) is 0.198. The summed E-state index contributed by atoms with van der Waals surface area (Å²) in [4.78, 5) is 1.61. The lowest BCUT2D eigenvalue weighted by atomic mass is 9.98. The number of hydrogen-bond acceptors (Lipinski definition) is 4. The molecule has 0 radical (unpaired) electrons. The molecule has 2 aromatic carbocycles. The van der Waals surface area contributed by atoms with Crippen molar-refractivity contribution in [2.24, 2.45) is 0 Å². The van der Waals surface area contributed by atoms with Crippen molar-refractivity contribution >= 4 is 11.0 Å². The van der Waals surface area contributed by atoms with Crippen molar-refractivity contribution in [3.05, 3.63) is 41.5 Å². The van der Waals surface area contributed by atoms with Crippen LogP contribution in [0.5, 0.6) is 11.5 Å². The fourth-order valence-electron chi connectivity index (χ4n) is 4.51. The molecule has 3 aromatic rings. The summed E-state index contributed by atoms with van der Waals surface area (Å²) in [6.45, 7) is 7.35. The van der Waals surface area contributed by atoms with Crippen LogP contribution in [0.1, 0.15) is 109 Å². The van der Waals surface area contributed by atoms with Crippen molar-refractivity contribution in [3.63, 3.8) is 0 Å². The maximum atomic E-state index is 11.2. The second-order valence-corrected chi connectivity index (χ2v) is 9.79. The molecule has 1 N–H and O–H groups in total. The number of ether oxygens (including phenoxy) is 1. The Morgan fingerprint density at radius 1 is 0.714 bits per heavy atom. The molecule has 0 fully saturated rings. The molecule has 0 saturated heterocycles. The maximum absolute atomic E-state index is 11.2. The number of fused-ring (bicyclic) bond motifs is 1. The highest BCUT2D eigenvalue weighted by Gasteiger charge is 2.15. The Kier molecular flexibility index (Phi) is 11.4. The van der Waals surface area contributed by atoms with Gasteiger partial charge in [-0.1, -0.05) is 84.6 Å². The molecular formula is C30H45N3O2. The van der Waals surface area contributed by atoms with E-state index in [9.17, 15) is 5.11 Å². The van der Waals surface area contributed by atoms with Crippen LogP contribution < -0.4 is 4.74 Å². The summed E-state index contributed by atoms with van der Waals surface area (Å²) < 4.78 is 5.85. The van der Waals surface area contributed by atoms with E-state index < -0.39 is 0 Å². The maximum Gasteiger partial charge on any atom is 0.146 e. The van der Waals surface area contributed by atoms with Gasteiger partial charge in [-0.05, 0) is 61.4 Å². The second kappa shape index (κ2) is 14.8. The molecule has 0 bridgehead atoms. The minimum absolute atomic E-state index is 0.315. The predicted molar refractivity (Wildman–Crippen MR) is 146 cm³/mol. The SMILES string of the molecule is CCCCCCCc1cc(CCCCCCC)c(O)c(-n2nc3ccc(OCCCC)cc3n2)c1. The first kappa shape index (κ1) is 27.0. The van der Waals surface area contributed by atoms with Crippen molar-refractivity contribution in [1.82, 2.24) is 15.0 Å². The minimum atomic E-state index is 0.315. The third-order valence-electron chi connectivity index (χ3n) is 6.68. The molecule has 0 saturated carbocycles. The molecule has 0 aliphatic carbocycles. The number of benzene rings is 2. The fraction of sp³-hybridized carbons (Fsp3) is 0.600. The third kappa shape index (κ3) is 8.26.